The molecule has 0 unspecified atom stereocenters. The van der Waals surface area contributed by atoms with Crippen LogP contribution < -0.4 is 4.90 Å². The third-order valence-corrected chi connectivity index (χ3v) is 3.30. The highest BCUT2D eigenvalue weighted by atomic mass is 35.5. The van der Waals surface area contributed by atoms with Gasteiger partial charge in [0.05, 0.1) is 22.8 Å². The van der Waals surface area contributed by atoms with Crippen molar-refractivity contribution in [1.82, 2.24) is 4.90 Å². The van der Waals surface area contributed by atoms with Gasteiger partial charge in [0.1, 0.15) is 0 Å². The van der Waals surface area contributed by atoms with Gasteiger partial charge in [-0.25, -0.2) is 4.79 Å². The summed E-state index contributed by atoms with van der Waals surface area (Å²) in [7, 11) is 1.76. The second-order valence-electron chi connectivity index (χ2n) is 4.21. The first-order chi connectivity index (χ1) is 8.49. The van der Waals surface area contributed by atoms with E-state index in [0.29, 0.717) is 23.8 Å². The lowest BCUT2D eigenvalue weighted by molar-refractivity contribution is -0.129. The van der Waals surface area contributed by atoms with E-state index in [1.807, 2.05) is 4.90 Å². The normalized spacial score (nSPS) is 16.0. The van der Waals surface area contributed by atoms with Gasteiger partial charge < -0.3 is 14.9 Å². The van der Waals surface area contributed by atoms with E-state index < -0.39 is 5.97 Å². The molecule has 0 aromatic heterocycles. The van der Waals surface area contributed by atoms with E-state index in [9.17, 15) is 9.59 Å². The Hall–Kier alpha value is -1.75. The minimum Gasteiger partial charge on any atom is -0.478 e. The van der Waals surface area contributed by atoms with Crippen LogP contribution in [0.1, 0.15) is 10.4 Å². The summed E-state index contributed by atoms with van der Waals surface area (Å²) in [5.74, 6) is -0.988. The van der Waals surface area contributed by atoms with Crippen molar-refractivity contribution in [3.05, 3.63) is 28.8 Å². The molecule has 0 saturated carbocycles. The molecule has 96 valence electrons. The van der Waals surface area contributed by atoms with Crippen molar-refractivity contribution in [2.75, 3.05) is 31.6 Å². The predicted molar refractivity (Wildman–Crippen MR) is 68.3 cm³/mol. The molecule has 1 saturated heterocycles. The predicted octanol–water partition coefficient (Wildman–Crippen LogP) is 1.32. The topological polar surface area (TPSA) is 60.9 Å². The number of piperazine rings is 1. The van der Waals surface area contributed by atoms with Gasteiger partial charge in [-0.2, -0.15) is 0 Å². The molecule has 0 spiro atoms. The lowest BCUT2D eigenvalue weighted by Crippen LogP contribution is -2.48. The van der Waals surface area contributed by atoms with Crippen molar-refractivity contribution in [3.63, 3.8) is 0 Å². The Morgan fingerprint density at radius 2 is 2.11 bits per heavy atom. The zero-order valence-corrected chi connectivity index (χ0v) is 10.6. The Balaban J connectivity index is 2.24. The minimum absolute atomic E-state index is 0.0274. The number of anilines is 1. The standard InChI is InChI=1S/C12H13ClN2O3/c1-14-4-5-15(7-11(14)16)10-3-2-8(12(17)18)6-9(10)13/h2-3,6H,4-5,7H2,1H3,(H,17,18). The number of halogens is 1. The van der Waals surface area contributed by atoms with Crippen LogP contribution in [0.15, 0.2) is 18.2 Å². The van der Waals surface area contributed by atoms with Crippen molar-refractivity contribution in [3.8, 4) is 0 Å². The van der Waals surface area contributed by atoms with Gasteiger partial charge in [-0.3, -0.25) is 4.79 Å². The first kappa shape index (κ1) is 12.7. The highest BCUT2D eigenvalue weighted by Crippen LogP contribution is 2.27. The van der Waals surface area contributed by atoms with Crippen LogP contribution in [-0.4, -0.2) is 48.6 Å². The van der Waals surface area contributed by atoms with Crippen LogP contribution in [0.3, 0.4) is 0 Å². The Bertz CT molecular complexity index is 504. The minimum atomic E-state index is -1.02. The van der Waals surface area contributed by atoms with E-state index >= 15 is 0 Å². The molecule has 1 aromatic carbocycles. The first-order valence-corrected chi connectivity index (χ1v) is 5.88. The van der Waals surface area contributed by atoms with Gasteiger partial charge in [0.2, 0.25) is 5.91 Å². The number of carboxylic acids is 1. The average Bonchev–Trinajstić information content (AvgIpc) is 2.32. The molecule has 1 N–H and O–H groups in total. The number of carbonyl (C=O) groups excluding carboxylic acids is 1. The van der Waals surface area contributed by atoms with Crippen LogP contribution in [0.25, 0.3) is 0 Å². The van der Waals surface area contributed by atoms with E-state index in [0.717, 1.165) is 0 Å². The molecule has 5 nitrogen and oxygen atoms in total. The van der Waals surface area contributed by atoms with E-state index in [1.54, 1.807) is 18.0 Å². The van der Waals surface area contributed by atoms with Crippen molar-refractivity contribution >= 4 is 29.2 Å². The number of benzene rings is 1. The summed E-state index contributed by atoms with van der Waals surface area (Å²) in [6, 6.07) is 4.54. The fourth-order valence-corrected chi connectivity index (χ4v) is 2.16. The summed E-state index contributed by atoms with van der Waals surface area (Å²) >= 11 is 6.06. The molecular weight excluding hydrogens is 256 g/mol. The second-order valence-corrected chi connectivity index (χ2v) is 4.62. The van der Waals surface area contributed by atoms with Crippen LogP contribution in [-0.2, 0) is 4.79 Å². The third kappa shape index (κ3) is 2.41. The third-order valence-electron chi connectivity index (χ3n) is 2.99. The lowest BCUT2D eigenvalue weighted by atomic mass is 10.2. The number of hydrogen-bond acceptors (Lipinski definition) is 3. The number of hydrogen-bond donors (Lipinski definition) is 1. The number of aromatic carboxylic acids is 1. The summed E-state index contributed by atoms with van der Waals surface area (Å²) in [5.41, 5.74) is 0.840. The highest BCUT2D eigenvalue weighted by Gasteiger charge is 2.22. The van der Waals surface area contributed by atoms with Crippen molar-refractivity contribution in [2.24, 2.45) is 0 Å². The fourth-order valence-electron chi connectivity index (χ4n) is 1.86. The molecule has 1 aliphatic rings. The van der Waals surface area contributed by atoms with E-state index in [-0.39, 0.29) is 18.0 Å². The molecule has 6 heteroatoms. The number of carbonyl (C=O) groups is 2. The molecule has 1 amide bonds. The Morgan fingerprint density at radius 3 is 2.67 bits per heavy atom. The van der Waals surface area contributed by atoms with Gasteiger partial charge in [0, 0.05) is 20.1 Å². The van der Waals surface area contributed by atoms with Crippen LogP contribution in [0.2, 0.25) is 5.02 Å². The summed E-state index contributed by atoms with van der Waals surface area (Å²) < 4.78 is 0. The van der Waals surface area contributed by atoms with E-state index in [2.05, 4.69) is 0 Å². The number of rotatable bonds is 2. The summed E-state index contributed by atoms with van der Waals surface area (Å²) in [6.07, 6.45) is 0. The summed E-state index contributed by atoms with van der Waals surface area (Å²) in [4.78, 5) is 25.9. The van der Waals surface area contributed by atoms with Gasteiger partial charge in [0.25, 0.3) is 0 Å². The molecule has 1 aliphatic heterocycles. The molecule has 1 heterocycles. The highest BCUT2D eigenvalue weighted by molar-refractivity contribution is 6.33. The van der Waals surface area contributed by atoms with Gasteiger partial charge in [-0.1, -0.05) is 11.6 Å². The maximum absolute atomic E-state index is 11.6. The second kappa shape index (κ2) is 4.86. The zero-order chi connectivity index (χ0) is 13.3. The Labute approximate surface area is 110 Å². The van der Waals surface area contributed by atoms with Crippen LogP contribution in [0.4, 0.5) is 5.69 Å². The monoisotopic (exact) mass is 268 g/mol. The van der Waals surface area contributed by atoms with Gasteiger partial charge in [0.15, 0.2) is 0 Å². The number of amides is 1. The fraction of sp³-hybridized carbons (Fsp3) is 0.333. The number of nitrogens with zero attached hydrogens (tertiary/aromatic N) is 2. The molecule has 0 atom stereocenters. The SMILES string of the molecule is CN1CCN(c2ccc(C(=O)O)cc2Cl)CC1=O. The molecule has 18 heavy (non-hydrogen) atoms. The number of likely N-dealkylation sites (N-methyl/N-ethyl adjacent to an activating group) is 1. The lowest BCUT2D eigenvalue weighted by Gasteiger charge is -2.34. The molecule has 0 aliphatic carbocycles. The quantitative estimate of drug-likeness (QED) is 0.879. The van der Waals surface area contributed by atoms with Gasteiger partial charge >= 0.3 is 5.97 Å². The number of carboxylic acid groups (broad SMARTS) is 1. The molecule has 2 rings (SSSR count). The maximum Gasteiger partial charge on any atom is 0.335 e. The van der Waals surface area contributed by atoms with Crippen LogP contribution in [0, 0.1) is 0 Å². The van der Waals surface area contributed by atoms with Crippen LogP contribution >= 0.6 is 11.6 Å². The van der Waals surface area contributed by atoms with Crippen molar-refractivity contribution in [2.45, 2.75) is 0 Å². The molecule has 0 bridgehead atoms. The Kier molecular flexibility index (Phi) is 3.43. The summed E-state index contributed by atoms with van der Waals surface area (Å²) in [5, 5.41) is 9.21. The molecular formula is C12H13ClN2O3. The van der Waals surface area contributed by atoms with Gasteiger partial charge in [-0.15, -0.1) is 0 Å². The first-order valence-electron chi connectivity index (χ1n) is 5.51. The largest absolute Gasteiger partial charge is 0.478 e. The van der Waals surface area contributed by atoms with E-state index in [4.69, 9.17) is 16.7 Å². The maximum atomic E-state index is 11.6. The molecule has 0 radical (unpaired) electrons. The smallest absolute Gasteiger partial charge is 0.335 e. The van der Waals surface area contributed by atoms with E-state index in [1.165, 1.54) is 12.1 Å². The van der Waals surface area contributed by atoms with Crippen LogP contribution in [0.5, 0.6) is 0 Å². The molecule has 1 aromatic rings. The van der Waals surface area contributed by atoms with Gasteiger partial charge in [-0.05, 0) is 18.2 Å². The Morgan fingerprint density at radius 1 is 1.39 bits per heavy atom. The zero-order valence-electron chi connectivity index (χ0n) is 9.89. The average molecular weight is 269 g/mol. The van der Waals surface area contributed by atoms with Crippen molar-refractivity contribution < 1.29 is 14.7 Å². The van der Waals surface area contributed by atoms with Crippen molar-refractivity contribution in [1.29, 1.82) is 0 Å². The molecule has 1 fully saturated rings. The summed E-state index contributed by atoms with van der Waals surface area (Å²) in [6.45, 7) is 1.59.